The van der Waals surface area contributed by atoms with Gasteiger partial charge < -0.3 is 5.73 Å². The molecule has 2 nitrogen and oxygen atoms in total. The van der Waals surface area contributed by atoms with E-state index in [9.17, 15) is 0 Å². The molecule has 0 spiro atoms. The van der Waals surface area contributed by atoms with Gasteiger partial charge >= 0.3 is 0 Å². The first-order valence-electron chi connectivity index (χ1n) is 3.01. The van der Waals surface area contributed by atoms with E-state index in [4.69, 9.17) is 11.0 Å². The van der Waals surface area contributed by atoms with Gasteiger partial charge in [0, 0.05) is 0 Å². The van der Waals surface area contributed by atoms with Crippen molar-refractivity contribution in [3.8, 4) is 6.07 Å². The third-order valence-electron chi connectivity index (χ3n) is 1.79. The average molecular weight is 126 g/mol. The maximum absolute atomic E-state index is 8.55. The second-order valence-corrected chi connectivity index (χ2v) is 3.56. The molecule has 0 saturated carbocycles. The molecule has 0 aromatic carbocycles. The van der Waals surface area contributed by atoms with Gasteiger partial charge in [-0.05, 0) is 12.3 Å². The topological polar surface area (TPSA) is 49.8 Å². The summed E-state index contributed by atoms with van der Waals surface area (Å²) in [5, 5.41) is 8.55. The molecule has 9 heavy (non-hydrogen) atoms. The van der Waals surface area contributed by atoms with Crippen molar-refractivity contribution < 1.29 is 0 Å². The SMILES string of the molecule is CC(C)(C)[C@@](C)(N)C#N. The molecule has 52 valence electrons. The van der Waals surface area contributed by atoms with Crippen LogP contribution in [0.4, 0.5) is 0 Å². The van der Waals surface area contributed by atoms with E-state index in [1.807, 2.05) is 20.8 Å². The molecule has 0 aromatic heterocycles. The first-order chi connectivity index (χ1) is 3.81. The van der Waals surface area contributed by atoms with Crippen LogP contribution in [-0.4, -0.2) is 5.54 Å². The van der Waals surface area contributed by atoms with E-state index in [1.165, 1.54) is 0 Å². The molecular formula is C7H14N2. The van der Waals surface area contributed by atoms with Crippen molar-refractivity contribution >= 4 is 0 Å². The van der Waals surface area contributed by atoms with Gasteiger partial charge in [-0.3, -0.25) is 0 Å². The molecule has 0 rings (SSSR count). The first kappa shape index (κ1) is 8.45. The van der Waals surface area contributed by atoms with Gasteiger partial charge in [0.2, 0.25) is 0 Å². The average Bonchev–Trinajstić information content (AvgIpc) is 1.64. The molecule has 0 aliphatic heterocycles. The molecule has 0 aromatic rings. The van der Waals surface area contributed by atoms with E-state index in [2.05, 4.69) is 6.07 Å². The fourth-order valence-corrected chi connectivity index (χ4v) is 0.168. The highest BCUT2D eigenvalue weighted by atomic mass is 14.8. The molecule has 1 atom stereocenters. The van der Waals surface area contributed by atoms with Crippen LogP contribution in [0, 0.1) is 16.7 Å². The van der Waals surface area contributed by atoms with Gasteiger partial charge in [0.25, 0.3) is 0 Å². The quantitative estimate of drug-likeness (QED) is 0.531. The van der Waals surface area contributed by atoms with Crippen LogP contribution in [0.25, 0.3) is 0 Å². The van der Waals surface area contributed by atoms with Gasteiger partial charge in [0.15, 0.2) is 0 Å². The molecule has 0 fully saturated rings. The molecule has 0 unspecified atom stereocenters. The highest BCUT2D eigenvalue weighted by Gasteiger charge is 2.33. The highest BCUT2D eigenvalue weighted by molar-refractivity contribution is 5.08. The zero-order chi connectivity index (χ0) is 7.71. The maximum atomic E-state index is 8.55. The lowest BCUT2D eigenvalue weighted by Gasteiger charge is -2.31. The number of nitrogens with zero attached hydrogens (tertiary/aromatic N) is 1. The third-order valence-corrected chi connectivity index (χ3v) is 1.79. The number of hydrogen-bond donors (Lipinski definition) is 1. The molecule has 0 saturated heterocycles. The Hall–Kier alpha value is -0.550. The summed E-state index contributed by atoms with van der Waals surface area (Å²) in [5.41, 5.74) is 4.78. The molecular weight excluding hydrogens is 112 g/mol. The molecule has 0 amide bonds. The van der Waals surface area contributed by atoms with E-state index in [1.54, 1.807) is 6.92 Å². The van der Waals surface area contributed by atoms with Crippen LogP contribution in [-0.2, 0) is 0 Å². The van der Waals surface area contributed by atoms with E-state index >= 15 is 0 Å². The summed E-state index contributed by atoms with van der Waals surface area (Å²) in [6.07, 6.45) is 0. The summed E-state index contributed by atoms with van der Waals surface area (Å²) in [7, 11) is 0. The summed E-state index contributed by atoms with van der Waals surface area (Å²) in [6, 6.07) is 2.06. The Morgan fingerprint density at radius 2 is 1.56 bits per heavy atom. The molecule has 0 radical (unpaired) electrons. The molecule has 2 heteroatoms. The van der Waals surface area contributed by atoms with Crippen LogP contribution < -0.4 is 5.73 Å². The number of rotatable bonds is 0. The smallest absolute Gasteiger partial charge is 0.106 e. The van der Waals surface area contributed by atoms with Crippen molar-refractivity contribution in [3.63, 3.8) is 0 Å². The van der Waals surface area contributed by atoms with Crippen LogP contribution in [0.3, 0.4) is 0 Å². The largest absolute Gasteiger partial charge is 0.313 e. The highest BCUT2D eigenvalue weighted by Crippen LogP contribution is 2.26. The lowest BCUT2D eigenvalue weighted by Crippen LogP contribution is -2.47. The Kier molecular flexibility index (Phi) is 1.88. The second kappa shape index (κ2) is 2.00. The molecule has 0 bridgehead atoms. The molecule has 2 N–H and O–H groups in total. The zero-order valence-corrected chi connectivity index (χ0v) is 6.52. The van der Waals surface area contributed by atoms with Crippen LogP contribution >= 0.6 is 0 Å². The van der Waals surface area contributed by atoms with Gasteiger partial charge in [-0.1, -0.05) is 20.8 Å². The lowest BCUT2D eigenvalue weighted by atomic mass is 9.77. The molecule has 0 aliphatic rings. The predicted octanol–water partition coefficient (Wildman–Crippen LogP) is 1.27. The summed E-state index contributed by atoms with van der Waals surface area (Å²) < 4.78 is 0. The first-order valence-corrected chi connectivity index (χ1v) is 3.01. The fraction of sp³-hybridized carbons (Fsp3) is 0.857. The zero-order valence-electron chi connectivity index (χ0n) is 6.52. The summed E-state index contributed by atoms with van der Waals surface area (Å²) in [4.78, 5) is 0. The van der Waals surface area contributed by atoms with Crippen molar-refractivity contribution in [2.45, 2.75) is 33.2 Å². The van der Waals surface area contributed by atoms with Gasteiger partial charge in [-0.2, -0.15) is 5.26 Å². The predicted molar refractivity (Wildman–Crippen MR) is 37.7 cm³/mol. The standard InChI is InChI=1S/C7H14N2/c1-6(2,3)7(4,9)5-8/h9H2,1-4H3/t7-/m0/s1. The van der Waals surface area contributed by atoms with Crippen LogP contribution in [0.2, 0.25) is 0 Å². The minimum atomic E-state index is -0.715. The normalized spacial score (nSPS) is 18.2. The minimum Gasteiger partial charge on any atom is -0.313 e. The van der Waals surface area contributed by atoms with Crippen LogP contribution in [0.15, 0.2) is 0 Å². The summed E-state index contributed by atoms with van der Waals surface area (Å²) in [6.45, 7) is 7.61. The summed E-state index contributed by atoms with van der Waals surface area (Å²) >= 11 is 0. The number of hydrogen-bond acceptors (Lipinski definition) is 2. The van der Waals surface area contributed by atoms with Crippen LogP contribution in [0.1, 0.15) is 27.7 Å². The van der Waals surface area contributed by atoms with E-state index in [-0.39, 0.29) is 5.41 Å². The second-order valence-electron chi connectivity index (χ2n) is 3.56. The Bertz CT molecular complexity index is 134. The van der Waals surface area contributed by atoms with Crippen molar-refractivity contribution in [1.82, 2.24) is 0 Å². The Labute approximate surface area is 56.7 Å². The van der Waals surface area contributed by atoms with E-state index < -0.39 is 5.54 Å². The minimum absolute atomic E-state index is 0.137. The van der Waals surface area contributed by atoms with Gasteiger partial charge in [0.1, 0.15) is 5.54 Å². The van der Waals surface area contributed by atoms with Gasteiger partial charge in [-0.15, -0.1) is 0 Å². The van der Waals surface area contributed by atoms with Gasteiger partial charge in [0.05, 0.1) is 6.07 Å². The summed E-state index contributed by atoms with van der Waals surface area (Å²) in [5.74, 6) is 0. The maximum Gasteiger partial charge on any atom is 0.106 e. The number of nitrogens with two attached hydrogens (primary N) is 1. The molecule has 0 heterocycles. The third kappa shape index (κ3) is 1.69. The van der Waals surface area contributed by atoms with Gasteiger partial charge in [-0.25, -0.2) is 0 Å². The van der Waals surface area contributed by atoms with Crippen molar-refractivity contribution in [2.24, 2.45) is 11.1 Å². The Morgan fingerprint density at radius 3 is 1.56 bits per heavy atom. The van der Waals surface area contributed by atoms with Crippen molar-refractivity contribution in [1.29, 1.82) is 5.26 Å². The monoisotopic (exact) mass is 126 g/mol. The Balaban J connectivity index is 4.39. The molecule has 0 aliphatic carbocycles. The van der Waals surface area contributed by atoms with Crippen LogP contribution in [0.5, 0.6) is 0 Å². The number of nitriles is 1. The Morgan fingerprint density at radius 1 is 1.22 bits per heavy atom. The van der Waals surface area contributed by atoms with Crippen molar-refractivity contribution in [3.05, 3.63) is 0 Å². The fourth-order valence-electron chi connectivity index (χ4n) is 0.168. The van der Waals surface area contributed by atoms with E-state index in [0.717, 1.165) is 0 Å². The van der Waals surface area contributed by atoms with E-state index in [0.29, 0.717) is 0 Å². The van der Waals surface area contributed by atoms with Crippen molar-refractivity contribution in [2.75, 3.05) is 0 Å². The lowest BCUT2D eigenvalue weighted by molar-refractivity contribution is 0.270.